The van der Waals surface area contributed by atoms with E-state index < -0.39 is 0 Å². The van der Waals surface area contributed by atoms with Crippen LogP contribution in [0.2, 0.25) is 0 Å². The molecule has 0 aliphatic heterocycles. The smallest absolute Gasteiger partial charge is 0.0587 e. The molecule has 0 aromatic rings. The monoisotopic (exact) mass is 241 g/mol. The fourth-order valence-electron chi connectivity index (χ4n) is 3.16. The first-order valence-corrected chi connectivity index (χ1v) is 7.41. The molecule has 0 aromatic carbocycles. The normalized spacial score (nSPS) is 28.9. The van der Waals surface area contributed by atoms with Gasteiger partial charge in [-0.1, -0.05) is 39.5 Å². The number of hydrogen-bond acceptors (Lipinski definition) is 2. The lowest BCUT2D eigenvalue weighted by Crippen LogP contribution is -2.39. The van der Waals surface area contributed by atoms with E-state index in [1.54, 1.807) is 7.11 Å². The van der Waals surface area contributed by atoms with Crippen molar-refractivity contribution in [2.24, 2.45) is 17.8 Å². The largest absolute Gasteiger partial charge is 0.383 e. The van der Waals surface area contributed by atoms with E-state index in [4.69, 9.17) is 4.74 Å². The Morgan fingerprint density at radius 3 is 2.71 bits per heavy atom. The van der Waals surface area contributed by atoms with Crippen molar-refractivity contribution < 1.29 is 4.74 Å². The van der Waals surface area contributed by atoms with Gasteiger partial charge in [-0.25, -0.2) is 0 Å². The highest BCUT2D eigenvalue weighted by atomic mass is 16.5. The Balaban J connectivity index is 2.31. The van der Waals surface area contributed by atoms with Crippen molar-refractivity contribution in [2.75, 3.05) is 20.3 Å². The molecule has 2 heteroatoms. The van der Waals surface area contributed by atoms with Crippen LogP contribution in [-0.4, -0.2) is 26.3 Å². The number of methoxy groups -OCH3 is 1. The van der Waals surface area contributed by atoms with Gasteiger partial charge < -0.3 is 10.1 Å². The van der Waals surface area contributed by atoms with Crippen molar-refractivity contribution in [3.8, 4) is 0 Å². The van der Waals surface area contributed by atoms with Crippen molar-refractivity contribution in [3.05, 3.63) is 0 Å². The van der Waals surface area contributed by atoms with Crippen molar-refractivity contribution in [1.82, 2.24) is 5.32 Å². The van der Waals surface area contributed by atoms with E-state index in [2.05, 4.69) is 26.1 Å². The molecule has 1 saturated carbocycles. The minimum atomic E-state index is 0.616. The molecule has 1 aliphatic rings. The lowest BCUT2D eigenvalue weighted by molar-refractivity contribution is 0.159. The number of nitrogens with one attached hydrogen (secondary N) is 1. The first-order valence-electron chi connectivity index (χ1n) is 7.41. The summed E-state index contributed by atoms with van der Waals surface area (Å²) in [6.07, 6.45) is 7.17. The highest BCUT2D eigenvalue weighted by Gasteiger charge is 2.27. The van der Waals surface area contributed by atoms with E-state index in [1.807, 2.05) is 0 Å². The van der Waals surface area contributed by atoms with Gasteiger partial charge in [0.25, 0.3) is 0 Å². The molecular formula is C15H31NO. The molecule has 1 aliphatic carbocycles. The summed E-state index contributed by atoms with van der Waals surface area (Å²) < 4.78 is 5.09. The van der Waals surface area contributed by atoms with Crippen LogP contribution in [0.4, 0.5) is 0 Å². The van der Waals surface area contributed by atoms with Gasteiger partial charge in [-0.05, 0) is 31.1 Å². The van der Waals surface area contributed by atoms with Crippen molar-refractivity contribution >= 4 is 0 Å². The molecule has 4 atom stereocenters. The summed E-state index contributed by atoms with van der Waals surface area (Å²) in [7, 11) is 1.77. The van der Waals surface area contributed by atoms with Gasteiger partial charge in [-0.15, -0.1) is 0 Å². The Morgan fingerprint density at radius 1 is 1.29 bits per heavy atom. The third-order valence-corrected chi connectivity index (χ3v) is 4.71. The molecule has 17 heavy (non-hydrogen) atoms. The minimum absolute atomic E-state index is 0.616. The lowest BCUT2D eigenvalue weighted by atomic mass is 9.73. The van der Waals surface area contributed by atoms with Crippen LogP contribution in [-0.2, 0) is 4.74 Å². The summed E-state index contributed by atoms with van der Waals surface area (Å²) in [4.78, 5) is 0. The summed E-state index contributed by atoms with van der Waals surface area (Å²) >= 11 is 0. The van der Waals surface area contributed by atoms with Crippen LogP contribution < -0.4 is 5.32 Å². The number of rotatable bonds is 7. The molecule has 0 aromatic heterocycles. The molecule has 102 valence electrons. The first kappa shape index (κ1) is 15.0. The van der Waals surface area contributed by atoms with E-state index in [0.717, 1.165) is 30.9 Å². The predicted octanol–water partition coefficient (Wildman–Crippen LogP) is 3.46. The molecule has 0 spiro atoms. The second-order valence-corrected chi connectivity index (χ2v) is 5.80. The SMILES string of the molecule is CCC1CCCC(C(C)C(C)NCCOC)C1. The number of ether oxygens (including phenoxy) is 1. The summed E-state index contributed by atoms with van der Waals surface area (Å²) in [5.74, 6) is 2.71. The van der Waals surface area contributed by atoms with Crippen molar-refractivity contribution in [2.45, 2.75) is 58.9 Å². The number of hydrogen-bond donors (Lipinski definition) is 1. The molecule has 1 N–H and O–H groups in total. The van der Waals surface area contributed by atoms with Crippen molar-refractivity contribution in [3.63, 3.8) is 0 Å². The topological polar surface area (TPSA) is 21.3 Å². The second kappa shape index (κ2) is 8.10. The average Bonchev–Trinajstić information content (AvgIpc) is 2.38. The second-order valence-electron chi connectivity index (χ2n) is 5.80. The molecule has 0 bridgehead atoms. The summed E-state index contributed by atoms with van der Waals surface area (Å²) in [5.41, 5.74) is 0. The van der Waals surface area contributed by atoms with Crippen LogP contribution in [0, 0.1) is 17.8 Å². The van der Waals surface area contributed by atoms with Crippen LogP contribution in [0.15, 0.2) is 0 Å². The molecule has 1 rings (SSSR count). The lowest BCUT2D eigenvalue weighted by Gasteiger charge is -2.35. The fraction of sp³-hybridized carbons (Fsp3) is 1.00. The van der Waals surface area contributed by atoms with Gasteiger partial charge in [-0.2, -0.15) is 0 Å². The summed E-state index contributed by atoms with van der Waals surface area (Å²) in [6, 6.07) is 0.616. The van der Waals surface area contributed by atoms with Gasteiger partial charge in [0.05, 0.1) is 6.61 Å². The van der Waals surface area contributed by atoms with E-state index in [0.29, 0.717) is 6.04 Å². The average molecular weight is 241 g/mol. The Labute approximate surface area is 108 Å². The van der Waals surface area contributed by atoms with Gasteiger partial charge in [0.15, 0.2) is 0 Å². The maximum atomic E-state index is 5.09. The zero-order chi connectivity index (χ0) is 12.7. The van der Waals surface area contributed by atoms with Gasteiger partial charge in [0, 0.05) is 19.7 Å². The van der Waals surface area contributed by atoms with Crippen LogP contribution in [0.1, 0.15) is 52.9 Å². The molecule has 1 fully saturated rings. The predicted molar refractivity (Wildman–Crippen MR) is 74.2 cm³/mol. The molecule has 4 unspecified atom stereocenters. The van der Waals surface area contributed by atoms with Gasteiger partial charge in [0.1, 0.15) is 0 Å². The Kier molecular flexibility index (Phi) is 7.14. The third kappa shape index (κ3) is 4.97. The quantitative estimate of drug-likeness (QED) is 0.689. The maximum Gasteiger partial charge on any atom is 0.0587 e. The molecule has 0 radical (unpaired) electrons. The summed E-state index contributed by atoms with van der Waals surface area (Å²) in [6.45, 7) is 8.90. The van der Waals surface area contributed by atoms with Crippen LogP contribution in [0.3, 0.4) is 0 Å². The van der Waals surface area contributed by atoms with Gasteiger partial charge in [-0.3, -0.25) is 0 Å². The Hall–Kier alpha value is -0.0800. The van der Waals surface area contributed by atoms with E-state index in [1.165, 1.54) is 32.1 Å². The minimum Gasteiger partial charge on any atom is -0.383 e. The van der Waals surface area contributed by atoms with E-state index in [9.17, 15) is 0 Å². The first-order chi connectivity index (χ1) is 8.19. The van der Waals surface area contributed by atoms with Crippen LogP contribution >= 0.6 is 0 Å². The molecule has 0 amide bonds. The zero-order valence-electron chi connectivity index (χ0n) is 12.2. The van der Waals surface area contributed by atoms with E-state index >= 15 is 0 Å². The van der Waals surface area contributed by atoms with Gasteiger partial charge in [0.2, 0.25) is 0 Å². The van der Waals surface area contributed by atoms with E-state index in [-0.39, 0.29) is 0 Å². The highest BCUT2D eigenvalue weighted by molar-refractivity contribution is 4.81. The van der Waals surface area contributed by atoms with Crippen LogP contribution in [0.25, 0.3) is 0 Å². The van der Waals surface area contributed by atoms with Crippen molar-refractivity contribution in [1.29, 1.82) is 0 Å². The van der Waals surface area contributed by atoms with Gasteiger partial charge >= 0.3 is 0 Å². The Morgan fingerprint density at radius 2 is 2.06 bits per heavy atom. The fourth-order valence-corrected chi connectivity index (χ4v) is 3.16. The standard InChI is InChI=1S/C15H31NO/c1-5-14-7-6-8-15(11-14)12(2)13(3)16-9-10-17-4/h12-16H,5-11H2,1-4H3. The molecule has 0 heterocycles. The van der Waals surface area contributed by atoms with Crippen LogP contribution in [0.5, 0.6) is 0 Å². The summed E-state index contributed by atoms with van der Waals surface area (Å²) in [5, 5.41) is 3.59. The Bertz CT molecular complexity index is 195. The molecule has 2 nitrogen and oxygen atoms in total. The zero-order valence-corrected chi connectivity index (χ0v) is 12.2. The highest BCUT2D eigenvalue weighted by Crippen LogP contribution is 2.36. The molecular weight excluding hydrogens is 210 g/mol. The maximum absolute atomic E-state index is 5.09. The third-order valence-electron chi connectivity index (χ3n) is 4.71. The molecule has 0 saturated heterocycles.